The molecular formula is C24H16F2IN3O2S. The Morgan fingerprint density at radius 3 is 2.18 bits per heavy atom. The second-order valence-corrected chi connectivity index (χ2v) is 10.4. The molecule has 0 N–H and O–H groups in total. The Morgan fingerprint density at radius 1 is 0.848 bits per heavy atom. The van der Waals surface area contributed by atoms with Crippen molar-refractivity contribution >= 4 is 43.5 Å². The Labute approximate surface area is 202 Å². The smallest absolute Gasteiger partial charge is 0.267 e. The summed E-state index contributed by atoms with van der Waals surface area (Å²) in [7, 11) is -2.34. The van der Waals surface area contributed by atoms with Gasteiger partial charge in [-0.3, -0.25) is 4.68 Å². The normalized spacial score (nSPS) is 11.9. The largest absolute Gasteiger partial charge is 0.268 e. The molecule has 0 bridgehead atoms. The van der Waals surface area contributed by atoms with Crippen molar-refractivity contribution in [1.82, 2.24) is 13.8 Å². The lowest BCUT2D eigenvalue weighted by Gasteiger charge is -2.13. The standard InChI is InChI=1S/C24H16F2IN3O2S/c1-29-21(14-23(27)28-29)15-10-11-20-16(12-15)13-22(24-18(25)8-5-9-19(24)26)30(20)33(31,32)17-6-3-2-4-7-17/h2-14H,1H3. The van der Waals surface area contributed by atoms with E-state index in [4.69, 9.17) is 0 Å². The molecule has 0 radical (unpaired) electrons. The van der Waals surface area contributed by atoms with Crippen molar-refractivity contribution in [3.05, 3.63) is 94.2 Å². The molecule has 166 valence electrons. The van der Waals surface area contributed by atoms with Crippen molar-refractivity contribution in [2.24, 2.45) is 7.05 Å². The molecule has 0 fully saturated rings. The molecule has 9 heteroatoms. The first-order chi connectivity index (χ1) is 15.8. The van der Waals surface area contributed by atoms with Crippen LogP contribution in [0.5, 0.6) is 0 Å². The average Bonchev–Trinajstić information content (AvgIpc) is 3.33. The first-order valence-electron chi connectivity index (χ1n) is 9.88. The molecule has 0 spiro atoms. The third-order valence-electron chi connectivity index (χ3n) is 5.40. The predicted molar refractivity (Wildman–Crippen MR) is 131 cm³/mol. The molecule has 5 nitrogen and oxygen atoms in total. The summed E-state index contributed by atoms with van der Waals surface area (Å²) in [5, 5.41) is 4.87. The Hall–Kier alpha value is -3.05. The van der Waals surface area contributed by atoms with Gasteiger partial charge in [0.05, 0.1) is 27.4 Å². The van der Waals surface area contributed by atoms with Crippen LogP contribution in [0.3, 0.4) is 0 Å². The first-order valence-corrected chi connectivity index (χ1v) is 12.4. The van der Waals surface area contributed by atoms with Gasteiger partial charge in [-0.15, -0.1) is 0 Å². The van der Waals surface area contributed by atoms with Crippen LogP contribution >= 0.6 is 22.6 Å². The first kappa shape index (κ1) is 21.8. The summed E-state index contributed by atoms with van der Waals surface area (Å²) in [6.07, 6.45) is 0. The summed E-state index contributed by atoms with van der Waals surface area (Å²) < 4.78 is 60.4. The number of fused-ring (bicyclic) bond motifs is 1. The van der Waals surface area contributed by atoms with E-state index in [2.05, 4.69) is 27.7 Å². The van der Waals surface area contributed by atoms with Crippen LogP contribution < -0.4 is 0 Å². The summed E-state index contributed by atoms with van der Waals surface area (Å²) in [5.74, 6) is -1.69. The van der Waals surface area contributed by atoms with Gasteiger partial charge in [0, 0.05) is 18.0 Å². The summed E-state index contributed by atoms with van der Waals surface area (Å²) in [6, 6.07) is 19.9. The van der Waals surface area contributed by atoms with Crippen molar-refractivity contribution < 1.29 is 17.2 Å². The van der Waals surface area contributed by atoms with E-state index < -0.39 is 27.2 Å². The zero-order valence-corrected chi connectivity index (χ0v) is 20.2. The third kappa shape index (κ3) is 3.65. The van der Waals surface area contributed by atoms with Gasteiger partial charge in [0.15, 0.2) is 0 Å². The fraction of sp³-hybridized carbons (Fsp3) is 0.0417. The number of halogens is 3. The highest BCUT2D eigenvalue weighted by molar-refractivity contribution is 14.1. The molecule has 3 aromatic carbocycles. The van der Waals surface area contributed by atoms with Crippen LogP contribution in [0.15, 0.2) is 83.8 Å². The number of rotatable bonds is 4. The van der Waals surface area contributed by atoms with E-state index in [0.717, 1.165) is 31.1 Å². The minimum Gasteiger partial charge on any atom is -0.267 e. The summed E-state index contributed by atoms with van der Waals surface area (Å²) in [4.78, 5) is 0.0192. The van der Waals surface area contributed by atoms with Crippen LogP contribution in [0.25, 0.3) is 33.4 Å². The number of hydrogen-bond donors (Lipinski definition) is 0. The Kier molecular flexibility index (Phi) is 5.32. The highest BCUT2D eigenvalue weighted by Gasteiger charge is 2.27. The molecule has 0 unspecified atom stereocenters. The third-order valence-corrected chi connectivity index (χ3v) is 7.67. The maximum absolute atomic E-state index is 14.8. The molecule has 5 rings (SSSR count). The molecular weight excluding hydrogens is 559 g/mol. The summed E-state index contributed by atoms with van der Waals surface area (Å²) in [6.45, 7) is 0. The molecule has 0 aliphatic rings. The number of aryl methyl sites for hydroxylation is 1. The topological polar surface area (TPSA) is 56.9 Å². The lowest BCUT2D eigenvalue weighted by Crippen LogP contribution is -2.14. The molecule has 2 heterocycles. The van der Waals surface area contributed by atoms with Gasteiger partial charge in [0.25, 0.3) is 10.0 Å². The summed E-state index contributed by atoms with van der Waals surface area (Å²) in [5.41, 5.74) is 1.47. The van der Waals surface area contributed by atoms with E-state index in [1.807, 2.05) is 13.1 Å². The maximum Gasteiger partial charge on any atom is 0.268 e. The average molecular weight is 575 g/mol. The van der Waals surface area contributed by atoms with Gasteiger partial charge >= 0.3 is 0 Å². The lowest BCUT2D eigenvalue weighted by molar-refractivity contribution is 0.583. The Bertz CT molecular complexity index is 1610. The fourth-order valence-corrected chi connectivity index (χ4v) is 6.08. The van der Waals surface area contributed by atoms with Crippen molar-refractivity contribution in [2.45, 2.75) is 4.90 Å². The Morgan fingerprint density at radius 2 is 1.55 bits per heavy atom. The minimum absolute atomic E-state index is 0.0192. The molecule has 0 aliphatic heterocycles. The van der Waals surface area contributed by atoms with Crippen LogP contribution in [0.1, 0.15) is 0 Å². The SMILES string of the molecule is Cn1nc(I)cc1-c1ccc2c(c1)cc(-c1c(F)cccc1F)n2S(=O)(=O)c1ccccc1. The van der Waals surface area contributed by atoms with Crippen molar-refractivity contribution in [2.75, 3.05) is 0 Å². The van der Waals surface area contributed by atoms with E-state index in [0.29, 0.717) is 10.9 Å². The molecule has 0 saturated heterocycles. The fourth-order valence-electron chi connectivity index (χ4n) is 3.93. The van der Waals surface area contributed by atoms with Crippen LogP contribution in [0.2, 0.25) is 0 Å². The van der Waals surface area contributed by atoms with Gasteiger partial charge in [-0.1, -0.05) is 30.3 Å². The number of aromatic nitrogens is 3. The second kappa shape index (κ2) is 8.07. The van der Waals surface area contributed by atoms with Crippen LogP contribution in [-0.4, -0.2) is 22.2 Å². The monoisotopic (exact) mass is 575 g/mol. The van der Waals surface area contributed by atoms with Gasteiger partial charge in [-0.25, -0.2) is 21.2 Å². The predicted octanol–water partition coefficient (Wildman–Crippen LogP) is 5.83. The molecule has 0 saturated carbocycles. The highest BCUT2D eigenvalue weighted by atomic mass is 127. The second-order valence-electron chi connectivity index (χ2n) is 7.46. The molecule has 2 aromatic heterocycles. The summed E-state index contributed by atoms with van der Waals surface area (Å²) >= 11 is 2.11. The van der Waals surface area contributed by atoms with Crippen LogP contribution in [0.4, 0.5) is 8.78 Å². The van der Waals surface area contributed by atoms with Gasteiger partial charge in [-0.05, 0) is 71.1 Å². The van der Waals surface area contributed by atoms with Crippen molar-refractivity contribution in [3.63, 3.8) is 0 Å². The van der Waals surface area contributed by atoms with Gasteiger partial charge in [-0.2, -0.15) is 5.10 Å². The van der Waals surface area contributed by atoms with Crippen LogP contribution in [0, 0.1) is 15.3 Å². The van der Waals surface area contributed by atoms with Gasteiger partial charge in [0.1, 0.15) is 15.3 Å². The zero-order chi connectivity index (χ0) is 23.3. The Balaban J connectivity index is 1.84. The van der Waals surface area contributed by atoms with Gasteiger partial charge < -0.3 is 0 Å². The van der Waals surface area contributed by atoms with E-state index in [9.17, 15) is 17.2 Å². The molecule has 0 amide bonds. The molecule has 33 heavy (non-hydrogen) atoms. The van der Waals surface area contributed by atoms with Gasteiger partial charge in [0.2, 0.25) is 0 Å². The highest BCUT2D eigenvalue weighted by Crippen LogP contribution is 2.36. The van der Waals surface area contributed by atoms with E-state index >= 15 is 0 Å². The molecule has 5 aromatic rings. The number of hydrogen-bond acceptors (Lipinski definition) is 3. The minimum atomic E-state index is -4.15. The van der Waals surface area contributed by atoms with E-state index in [-0.39, 0.29) is 10.6 Å². The van der Waals surface area contributed by atoms with Crippen molar-refractivity contribution in [3.8, 4) is 22.5 Å². The van der Waals surface area contributed by atoms with E-state index in [1.165, 1.54) is 24.3 Å². The number of nitrogens with zero attached hydrogens (tertiary/aromatic N) is 3. The molecule has 0 aliphatic carbocycles. The zero-order valence-electron chi connectivity index (χ0n) is 17.2. The molecule has 0 atom stereocenters. The lowest BCUT2D eigenvalue weighted by atomic mass is 10.1. The van der Waals surface area contributed by atoms with Crippen molar-refractivity contribution in [1.29, 1.82) is 0 Å². The maximum atomic E-state index is 14.8. The number of benzene rings is 3. The van der Waals surface area contributed by atoms with E-state index in [1.54, 1.807) is 41.1 Å². The van der Waals surface area contributed by atoms with Crippen LogP contribution in [-0.2, 0) is 17.1 Å². The quantitative estimate of drug-likeness (QED) is 0.254.